The Bertz CT molecular complexity index is 507. The van der Waals surface area contributed by atoms with Crippen LogP contribution in [0.25, 0.3) is 0 Å². The first-order chi connectivity index (χ1) is 9.99. The predicted octanol–water partition coefficient (Wildman–Crippen LogP) is 1.85. The summed E-state index contributed by atoms with van der Waals surface area (Å²) in [4.78, 5) is 26.1. The second-order valence-electron chi connectivity index (χ2n) is 5.76. The number of rotatable bonds is 5. The average molecular weight is 326 g/mol. The van der Waals surface area contributed by atoms with Crippen LogP contribution in [0.1, 0.15) is 33.1 Å². The molecule has 0 bridgehead atoms. The van der Waals surface area contributed by atoms with Gasteiger partial charge in [-0.1, -0.05) is 18.2 Å². The highest BCUT2D eigenvalue weighted by Gasteiger charge is 2.38. The summed E-state index contributed by atoms with van der Waals surface area (Å²) in [7, 11) is 0. The highest BCUT2D eigenvalue weighted by Crippen LogP contribution is 2.26. The minimum Gasteiger partial charge on any atom is -0.344 e. The second-order valence-corrected chi connectivity index (χ2v) is 5.76. The fourth-order valence-corrected chi connectivity index (χ4v) is 2.65. The Morgan fingerprint density at radius 1 is 1.41 bits per heavy atom. The Morgan fingerprint density at radius 2 is 2.05 bits per heavy atom. The smallest absolute Gasteiger partial charge is 0.249 e. The quantitative estimate of drug-likeness (QED) is 0.867. The molecule has 0 spiro atoms. The molecule has 1 aliphatic heterocycles. The van der Waals surface area contributed by atoms with Crippen molar-refractivity contribution >= 4 is 29.9 Å². The third kappa shape index (κ3) is 4.45. The molecular weight excluding hydrogens is 302 g/mol. The molecule has 22 heavy (non-hydrogen) atoms. The van der Waals surface area contributed by atoms with Gasteiger partial charge >= 0.3 is 0 Å². The van der Waals surface area contributed by atoms with Crippen molar-refractivity contribution in [1.82, 2.24) is 5.32 Å². The van der Waals surface area contributed by atoms with Gasteiger partial charge in [-0.2, -0.15) is 0 Å². The Kier molecular flexibility index (Phi) is 6.84. The molecule has 0 aliphatic carbocycles. The minimum absolute atomic E-state index is 0. The molecular formula is C16H24ClN3O2. The first-order valence-electron chi connectivity index (χ1n) is 7.42. The number of hydrogen-bond donors (Lipinski definition) is 2. The van der Waals surface area contributed by atoms with E-state index in [1.54, 1.807) is 4.90 Å². The van der Waals surface area contributed by atoms with Crippen LogP contribution in [-0.4, -0.2) is 29.9 Å². The Labute approximate surface area is 137 Å². The standard InChI is InChI=1S/C16H23N3O2.ClH/c1-11(17)8-9-15(20)18-14-10-12(2)19(16(14)21)13-6-4-3-5-7-13;/h3-7,11-12,14H,8-10,17H2,1-2H3,(H,18,20);1H. The summed E-state index contributed by atoms with van der Waals surface area (Å²) in [6.07, 6.45) is 1.63. The molecule has 0 saturated carbocycles. The van der Waals surface area contributed by atoms with Crippen LogP contribution in [0.3, 0.4) is 0 Å². The van der Waals surface area contributed by atoms with Gasteiger partial charge in [0.25, 0.3) is 0 Å². The Hall–Kier alpha value is -1.59. The van der Waals surface area contributed by atoms with Gasteiger partial charge in [0.2, 0.25) is 11.8 Å². The summed E-state index contributed by atoms with van der Waals surface area (Å²) in [6.45, 7) is 3.87. The molecule has 1 saturated heterocycles. The number of nitrogens with two attached hydrogens (primary N) is 1. The van der Waals surface area contributed by atoms with E-state index in [0.29, 0.717) is 19.3 Å². The van der Waals surface area contributed by atoms with E-state index in [2.05, 4.69) is 5.32 Å². The zero-order valence-electron chi connectivity index (χ0n) is 13.0. The number of anilines is 1. The summed E-state index contributed by atoms with van der Waals surface area (Å²) < 4.78 is 0. The number of nitrogens with one attached hydrogen (secondary N) is 1. The fourth-order valence-electron chi connectivity index (χ4n) is 2.65. The van der Waals surface area contributed by atoms with Crippen molar-refractivity contribution in [3.8, 4) is 0 Å². The zero-order valence-corrected chi connectivity index (χ0v) is 13.8. The van der Waals surface area contributed by atoms with Crippen LogP contribution >= 0.6 is 12.4 Å². The van der Waals surface area contributed by atoms with Crippen molar-refractivity contribution < 1.29 is 9.59 Å². The summed E-state index contributed by atoms with van der Waals surface area (Å²) >= 11 is 0. The van der Waals surface area contributed by atoms with E-state index < -0.39 is 6.04 Å². The van der Waals surface area contributed by atoms with Crippen LogP contribution in [0.5, 0.6) is 0 Å². The zero-order chi connectivity index (χ0) is 15.4. The van der Waals surface area contributed by atoms with Crippen molar-refractivity contribution in [3.05, 3.63) is 30.3 Å². The molecule has 1 heterocycles. The topological polar surface area (TPSA) is 75.4 Å². The third-order valence-corrected chi connectivity index (χ3v) is 3.75. The highest BCUT2D eigenvalue weighted by atomic mass is 35.5. The van der Waals surface area contributed by atoms with Gasteiger partial charge in [0.15, 0.2) is 0 Å². The average Bonchev–Trinajstić information content (AvgIpc) is 2.72. The molecule has 1 fully saturated rings. The van der Waals surface area contributed by atoms with E-state index in [1.165, 1.54) is 0 Å². The van der Waals surface area contributed by atoms with Crippen LogP contribution in [-0.2, 0) is 9.59 Å². The molecule has 0 aromatic heterocycles. The molecule has 1 aliphatic rings. The molecule has 6 heteroatoms. The van der Waals surface area contributed by atoms with Crippen LogP contribution in [0.4, 0.5) is 5.69 Å². The molecule has 122 valence electrons. The van der Waals surface area contributed by atoms with Gasteiger partial charge in [0.1, 0.15) is 6.04 Å². The van der Waals surface area contributed by atoms with Crippen LogP contribution in [0, 0.1) is 0 Å². The van der Waals surface area contributed by atoms with E-state index in [0.717, 1.165) is 5.69 Å². The number of para-hydroxylation sites is 1. The van der Waals surface area contributed by atoms with Crippen molar-refractivity contribution in [2.24, 2.45) is 5.73 Å². The number of benzene rings is 1. The van der Waals surface area contributed by atoms with Crippen molar-refractivity contribution in [2.75, 3.05) is 4.90 Å². The number of amides is 2. The molecule has 1 aromatic carbocycles. The molecule has 2 amide bonds. The largest absolute Gasteiger partial charge is 0.344 e. The van der Waals surface area contributed by atoms with Crippen LogP contribution in [0.15, 0.2) is 30.3 Å². The lowest BCUT2D eigenvalue weighted by Crippen LogP contribution is -2.42. The molecule has 3 atom stereocenters. The molecule has 0 radical (unpaired) electrons. The van der Waals surface area contributed by atoms with E-state index in [-0.39, 0.29) is 36.3 Å². The molecule has 2 rings (SSSR count). The molecule has 5 nitrogen and oxygen atoms in total. The summed E-state index contributed by atoms with van der Waals surface area (Å²) in [5, 5.41) is 2.83. The lowest BCUT2D eigenvalue weighted by molar-refractivity contribution is -0.126. The second kappa shape index (κ2) is 8.15. The van der Waals surface area contributed by atoms with Crippen molar-refractivity contribution in [3.63, 3.8) is 0 Å². The summed E-state index contributed by atoms with van der Waals surface area (Å²) in [5.74, 6) is -0.143. The number of carbonyl (C=O) groups is 2. The van der Waals surface area contributed by atoms with Crippen LogP contribution in [0.2, 0.25) is 0 Å². The maximum atomic E-state index is 12.5. The minimum atomic E-state index is -0.430. The van der Waals surface area contributed by atoms with Crippen LogP contribution < -0.4 is 16.0 Å². The summed E-state index contributed by atoms with van der Waals surface area (Å²) in [6, 6.07) is 9.20. The van der Waals surface area contributed by atoms with E-state index in [9.17, 15) is 9.59 Å². The number of hydrogen-bond acceptors (Lipinski definition) is 3. The monoisotopic (exact) mass is 325 g/mol. The lowest BCUT2D eigenvalue weighted by atomic mass is 10.1. The van der Waals surface area contributed by atoms with Gasteiger partial charge in [-0.15, -0.1) is 12.4 Å². The van der Waals surface area contributed by atoms with Gasteiger partial charge in [-0.25, -0.2) is 0 Å². The first kappa shape index (κ1) is 18.5. The predicted molar refractivity (Wildman–Crippen MR) is 90.1 cm³/mol. The molecule has 3 unspecified atom stereocenters. The maximum absolute atomic E-state index is 12.5. The molecule has 1 aromatic rings. The van der Waals surface area contributed by atoms with Gasteiger partial charge in [0, 0.05) is 24.2 Å². The van der Waals surface area contributed by atoms with Crippen molar-refractivity contribution in [2.45, 2.75) is 51.2 Å². The van der Waals surface area contributed by atoms with Crippen molar-refractivity contribution in [1.29, 1.82) is 0 Å². The maximum Gasteiger partial charge on any atom is 0.249 e. The number of nitrogens with zero attached hydrogens (tertiary/aromatic N) is 1. The first-order valence-corrected chi connectivity index (χ1v) is 7.42. The van der Waals surface area contributed by atoms with Gasteiger partial charge < -0.3 is 16.0 Å². The van der Waals surface area contributed by atoms with E-state index in [4.69, 9.17) is 5.73 Å². The highest BCUT2D eigenvalue weighted by molar-refractivity contribution is 6.01. The lowest BCUT2D eigenvalue weighted by Gasteiger charge is -2.21. The normalized spacial score (nSPS) is 22.1. The molecule has 3 N–H and O–H groups in total. The summed E-state index contributed by atoms with van der Waals surface area (Å²) in [5.41, 5.74) is 6.52. The van der Waals surface area contributed by atoms with Gasteiger partial charge in [0.05, 0.1) is 0 Å². The SMILES string of the molecule is CC(N)CCC(=O)NC1CC(C)N(c2ccccc2)C1=O.Cl. The van der Waals surface area contributed by atoms with Gasteiger partial charge in [-0.05, 0) is 38.8 Å². The Balaban J connectivity index is 0.00000242. The third-order valence-electron chi connectivity index (χ3n) is 3.75. The van der Waals surface area contributed by atoms with E-state index in [1.807, 2.05) is 44.2 Å². The fraction of sp³-hybridized carbons (Fsp3) is 0.500. The Morgan fingerprint density at radius 3 is 2.64 bits per heavy atom. The van der Waals surface area contributed by atoms with E-state index >= 15 is 0 Å². The number of halogens is 1. The number of carbonyl (C=O) groups excluding carboxylic acids is 2. The van der Waals surface area contributed by atoms with Gasteiger partial charge in [-0.3, -0.25) is 9.59 Å².